The summed E-state index contributed by atoms with van der Waals surface area (Å²) in [6, 6.07) is 10.2. The number of likely N-dealkylation sites (tertiary alicyclic amines) is 1. The van der Waals surface area contributed by atoms with Crippen molar-refractivity contribution in [3.8, 4) is 0 Å². The Labute approximate surface area is 210 Å². The average molecular weight is 496 g/mol. The van der Waals surface area contributed by atoms with Gasteiger partial charge in [-0.3, -0.25) is 18.9 Å². The van der Waals surface area contributed by atoms with E-state index in [1.165, 1.54) is 0 Å². The summed E-state index contributed by atoms with van der Waals surface area (Å²) in [5.41, 5.74) is 3.25. The number of amides is 2. The van der Waals surface area contributed by atoms with Crippen LogP contribution in [0, 0.1) is 6.92 Å². The molecule has 0 spiro atoms. The highest BCUT2D eigenvalue weighted by Crippen LogP contribution is 2.20. The minimum atomic E-state index is -0.0960. The normalized spacial score (nSPS) is 19.7. The van der Waals surface area contributed by atoms with Gasteiger partial charge in [0.25, 0.3) is 0 Å². The fraction of sp³-hybridized carbons (Fsp3) is 0.500. The Balaban J connectivity index is 1.27. The number of carbonyl (C=O) groups excluding carboxylic acids is 2. The van der Waals surface area contributed by atoms with Crippen LogP contribution in [0.3, 0.4) is 0 Å². The largest absolute Gasteiger partial charge is 0.370 e. The van der Waals surface area contributed by atoms with Gasteiger partial charge in [-0.05, 0) is 25.3 Å². The Kier molecular flexibility index (Phi) is 7.46. The summed E-state index contributed by atoms with van der Waals surface area (Å²) in [7, 11) is 0. The van der Waals surface area contributed by atoms with E-state index < -0.39 is 0 Å². The lowest BCUT2D eigenvalue weighted by atomic mass is 10.2. The van der Waals surface area contributed by atoms with Crippen LogP contribution in [-0.4, -0.2) is 81.3 Å². The summed E-state index contributed by atoms with van der Waals surface area (Å²) < 4.78 is 8.48. The molecule has 2 aliphatic rings. The van der Waals surface area contributed by atoms with Gasteiger partial charge in [0, 0.05) is 57.3 Å². The van der Waals surface area contributed by atoms with E-state index in [1.54, 1.807) is 11.3 Å². The minimum absolute atomic E-state index is 0.0960. The first-order valence-electron chi connectivity index (χ1n) is 12.4. The van der Waals surface area contributed by atoms with Crippen LogP contribution in [0.1, 0.15) is 36.2 Å². The van der Waals surface area contributed by atoms with Crippen molar-refractivity contribution in [1.29, 1.82) is 0 Å². The second-order valence-electron chi connectivity index (χ2n) is 9.47. The summed E-state index contributed by atoms with van der Waals surface area (Å²) in [5, 5.41) is 2.04. The highest BCUT2D eigenvalue weighted by Gasteiger charge is 2.30. The predicted octanol–water partition coefficient (Wildman–Crippen LogP) is 2.95. The second-order valence-corrected chi connectivity index (χ2v) is 10.3. The number of nitrogens with zero attached hydrogens (tertiary/aromatic N) is 5. The molecule has 1 atom stereocenters. The molecule has 2 aromatic heterocycles. The fourth-order valence-corrected chi connectivity index (χ4v) is 5.79. The molecular formula is C26H33N5O3S. The molecule has 0 bridgehead atoms. The smallest absolute Gasteiger partial charge is 0.236 e. The van der Waals surface area contributed by atoms with Gasteiger partial charge < -0.3 is 14.5 Å². The van der Waals surface area contributed by atoms with Crippen LogP contribution in [-0.2, 0) is 27.5 Å². The average Bonchev–Trinajstić information content (AvgIpc) is 3.52. The number of hydrogen-bond acceptors (Lipinski definition) is 6. The van der Waals surface area contributed by atoms with Gasteiger partial charge in [0.15, 0.2) is 4.96 Å². The van der Waals surface area contributed by atoms with E-state index in [2.05, 4.69) is 26.4 Å². The molecule has 2 aliphatic heterocycles. The number of aryl methyl sites for hydroxylation is 1. The molecular weight excluding hydrogens is 462 g/mol. The lowest BCUT2D eigenvalue weighted by Crippen LogP contribution is -2.39. The predicted molar refractivity (Wildman–Crippen MR) is 135 cm³/mol. The zero-order valence-electron chi connectivity index (χ0n) is 20.3. The molecule has 3 aromatic rings. The molecule has 1 aromatic carbocycles. The van der Waals surface area contributed by atoms with Crippen LogP contribution >= 0.6 is 11.3 Å². The minimum Gasteiger partial charge on any atom is -0.370 e. The molecule has 2 amide bonds. The Hall–Kier alpha value is -2.75. The Bertz CT molecular complexity index is 1160. The van der Waals surface area contributed by atoms with Crippen molar-refractivity contribution in [2.45, 2.75) is 45.4 Å². The van der Waals surface area contributed by atoms with E-state index in [0.717, 1.165) is 41.3 Å². The van der Waals surface area contributed by atoms with Crippen molar-refractivity contribution >= 4 is 28.1 Å². The second kappa shape index (κ2) is 10.9. The van der Waals surface area contributed by atoms with Gasteiger partial charge in [0.2, 0.25) is 11.8 Å². The molecule has 35 heavy (non-hydrogen) atoms. The Morgan fingerprint density at radius 1 is 1.09 bits per heavy atom. The molecule has 2 fully saturated rings. The van der Waals surface area contributed by atoms with E-state index in [4.69, 9.17) is 4.74 Å². The highest BCUT2D eigenvalue weighted by molar-refractivity contribution is 7.15. The number of imidazole rings is 1. The van der Waals surface area contributed by atoms with Crippen molar-refractivity contribution in [2.24, 2.45) is 0 Å². The topological polar surface area (TPSA) is 70.4 Å². The first-order chi connectivity index (χ1) is 17.1. The van der Waals surface area contributed by atoms with Gasteiger partial charge in [0.05, 0.1) is 30.6 Å². The zero-order valence-corrected chi connectivity index (χ0v) is 21.1. The molecule has 0 aliphatic carbocycles. The van der Waals surface area contributed by atoms with E-state index in [-0.39, 0.29) is 17.9 Å². The molecule has 2 saturated heterocycles. The maximum atomic E-state index is 13.3. The van der Waals surface area contributed by atoms with Gasteiger partial charge in [-0.15, -0.1) is 11.3 Å². The van der Waals surface area contributed by atoms with Crippen LogP contribution in [0.15, 0.2) is 41.9 Å². The number of aromatic nitrogens is 2. The third-order valence-electron chi connectivity index (χ3n) is 6.89. The standard InChI is InChI=1S/C26H33N5O3S/c1-20-23(31-13-14-35-26(31)27-20)17-28-15-22(34-19-21-7-3-2-4-8-21)16-30(25(33)18-28)12-6-11-29-10-5-9-24(29)32/h2-4,7-8,13-14,22H,5-6,9-12,15-19H2,1H3. The fourth-order valence-electron chi connectivity index (χ4n) is 5.02. The number of hydrogen-bond donors (Lipinski definition) is 0. The molecule has 0 N–H and O–H groups in total. The molecule has 0 saturated carbocycles. The van der Waals surface area contributed by atoms with Crippen molar-refractivity contribution in [2.75, 3.05) is 39.3 Å². The van der Waals surface area contributed by atoms with Gasteiger partial charge in [0.1, 0.15) is 0 Å². The van der Waals surface area contributed by atoms with Crippen LogP contribution in [0.5, 0.6) is 0 Å². The molecule has 9 heteroatoms. The third-order valence-corrected chi connectivity index (χ3v) is 7.64. The van der Waals surface area contributed by atoms with Crippen molar-refractivity contribution in [1.82, 2.24) is 24.1 Å². The van der Waals surface area contributed by atoms with Gasteiger partial charge in [-0.1, -0.05) is 30.3 Å². The van der Waals surface area contributed by atoms with E-state index >= 15 is 0 Å². The molecule has 8 nitrogen and oxygen atoms in total. The monoisotopic (exact) mass is 495 g/mol. The number of fused-ring (bicyclic) bond motifs is 1. The molecule has 1 unspecified atom stereocenters. The SMILES string of the molecule is Cc1nc2sccn2c1CN1CC(=O)N(CCCN2CCCC2=O)CC(OCc2ccccc2)C1. The molecule has 4 heterocycles. The summed E-state index contributed by atoms with van der Waals surface area (Å²) in [6.45, 7) is 6.99. The number of rotatable bonds is 9. The first kappa shape index (κ1) is 24.0. The zero-order chi connectivity index (χ0) is 24.2. The third kappa shape index (κ3) is 5.74. The van der Waals surface area contributed by atoms with E-state index in [0.29, 0.717) is 52.3 Å². The van der Waals surface area contributed by atoms with Gasteiger partial charge in [-0.25, -0.2) is 4.98 Å². The van der Waals surface area contributed by atoms with Crippen molar-refractivity contribution in [3.05, 3.63) is 58.9 Å². The van der Waals surface area contributed by atoms with Crippen molar-refractivity contribution in [3.63, 3.8) is 0 Å². The maximum Gasteiger partial charge on any atom is 0.236 e. The maximum absolute atomic E-state index is 13.3. The summed E-state index contributed by atoms with van der Waals surface area (Å²) in [4.78, 5) is 36.9. The van der Waals surface area contributed by atoms with Crippen LogP contribution in [0.2, 0.25) is 0 Å². The molecule has 186 valence electrons. The van der Waals surface area contributed by atoms with Gasteiger partial charge >= 0.3 is 0 Å². The summed E-state index contributed by atoms with van der Waals surface area (Å²) in [6.07, 6.45) is 4.33. The quantitative estimate of drug-likeness (QED) is 0.457. The molecule has 0 radical (unpaired) electrons. The number of benzene rings is 1. The summed E-state index contributed by atoms with van der Waals surface area (Å²) in [5.74, 6) is 0.352. The first-order valence-corrected chi connectivity index (χ1v) is 13.3. The van der Waals surface area contributed by atoms with Gasteiger partial charge in [-0.2, -0.15) is 0 Å². The van der Waals surface area contributed by atoms with Crippen LogP contribution in [0.25, 0.3) is 4.96 Å². The lowest BCUT2D eigenvalue weighted by Gasteiger charge is -2.26. The number of thiazole rings is 1. The summed E-state index contributed by atoms with van der Waals surface area (Å²) >= 11 is 1.62. The van der Waals surface area contributed by atoms with E-state index in [1.807, 2.05) is 46.5 Å². The lowest BCUT2D eigenvalue weighted by molar-refractivity contribution is -0.132. The number of carbonyl (C=O) groups is 2. The molecule has 5 rings (SSSR count). The van der Waals surface area contributed by atoms with Crippen LogP contribution in [0.4, 0.5) is 0 Å². The number of ether oxygens (including phenoxy) is 1. The highest BCUT2D eigenvalue weighted by atomic mass is 32.1. The van der Waals surface area contributed by atoms with Crippen LogP contribution < -0.4 is 0 Å². The van der Waals surface area contributed by atoms with E-state index in [9.17, 15) is 9.59 Å². The van der Waals surface area contributed by atoms with Crippen molar-refractivity contribution < 1.29 is 14.3 Å². The Morgan fingerprint density at radius 3 is 2.71 bits per heavy atom. The Morgan fingerprint density at radius 2 is 1.91 bits per heavy atom.